The summed E-state index contributed by atoms with van der Waals surface area (Å²) in [6, 6.07) is 13.7. The number of benzene rings is 2. The molecule has 0 aliphatic heterocycles. The Morgan fingerprint density at radius 3 is 2.37 bits per heavy atom. The molecule has 54 heavy (non-hydrogen) atoms. The minimum absolute atomic E-state index is 0.0397. The smallest absolute Gasteiger partial charge is 0.408 e. The average Bonchev–Trinajstić information content (AvgIpc) is 3.81. The van der Waals surface area contributed by atoms with Crippen molar-refractivity contribution in [2.75, 3.05) is 12.1 Å². The second-order valence-corrected chi connectivity index (χ2v) is 15.5. The molecule has 1 aliphatic carbocycles. The Hall–Kier alpha value is -5.05. The summed E-state index contributed by atoms with van der Waals surface area (Å²) in [5.74, 6) is -0.700. The Kier molecular flexibility index (Phi) is 14.0. The second-order valence-electron chi connectivity index (χ2n) is 13.5. The van der Waals surface area contributed by atoms with Crippen LogP contribution in [0, 0.1) is 0 Å². The number of esters is 2. The highest BCUT2D eigenvalue weighted by Crippen LogP contribution is 2.44. The zero-order valence-corrected chi connectivity index (χ0v) is 31.8. The number of nitrogens with one attached hydrogen (secondary N) is 2. The van der Waals surface area contributed by atoms with Crippen molar-refractivity contribution in [2.24, 2.45) is 0 Å². The summed E-state index contributed by atoms with van der Waals surface area (Å²) in [6.45, 7) is 7.08. The standard InChI is InChI=1S/C37H48N7O9P/c1-24(2)51-35(45)26(4)43-54(48,23-50-25(3)19-44-22-41-32-33(38)39-21-40-34(32)44)53-30-16-14-27(15-17-30)18-31(36(46)52-29-12-8-9-13-29)42-37(47)49-20-28-10-6-5-7-11-28/h5-7,10-11,14-17,21-22,24-26,29,31H,8-9,12-13,18-20,23H2,1-4H3,(H,42,47)(H,43,48)(H2,38,39,40)/t25-,26+,31+,54+/m1/s1. The van der Waals surface area contributed by atoms with Gasteiger partial charge < -0.3 is 39.1 Å². The summed E-state index contributed by atoms with van der Waals surface area (Å²) in [4.78, 5) is 51.2. The molecule has 5 rings (SSSR count). The first kappa shape index (κ1) is 40.1. The maximum absolute atomic E-state index is 14.3. The van der Waals surface area contributed by atoms with Crippen molar-refractivity contribution in [3.63, 3.8) is 0 Å². The number of nitrogen functional groups attached to an aromatic ring is 1. The lowest BCUT2D eigenvalue weighted by Gasteiger charge is -2.25. The molecule has 16 nitrogen and oxygen atoms in total. The molecule has 1 aliphatic rings. The summed E-state index contributed by atoms with van der Waals surface area (Å²) in [7, 11) is -3.91. The Bertz CT molecular complexity index is 1900. The molecular formula is C37H48N7O9P. The number of carbonyl (C=O) groups excluding carboxylic acids is 3. The third-order valence-corrected chi connectivity index (χ3v) is 10.3. The molecule has 0 unspecified atom stereocenters. The van der Waals surface area contributed by atoms with E-state index in [4.69, 9.17) is 29.2 Å². The van der Waals surface area contributed by atoms with Gasteiger partial charge in [-0.05, 0) is 76.6 Å². The Labute approximate surface area is 314 Å². The van der Waals surface area contributed by atoms with Crippen LogP contribution >= 0.6 is 7.52 Å². The number of carbonyl (C=O) groups is 3. The number of nitrogens with zero attached hydrogens (tertiary/aromatic N) is 4. The molecule has 17 heteroatoms. The molecule has 0 radical (unpaired) electrons. The average molecular weight is 766 g/mol. The highest BCUT2D eigenvalue weighted by Gasteiger charge is 2.33. The van der Waals surface area contributed by atoms with Gasteiger partial charge in [-0.1, -0.05) is 42.5 Å². The van der Waals surface area contributed by atoms with Crippen LogP contribution in [0.5, 0.6) is 5.75 Å². The normalized spacial score (nSPS) is 15.9. The maximum atomic E-state index is 14.3. The molecular weight excluding hydrogens is 717 g/mol. The number of fused-ring (bicyclic) bond motifs is 1. The van der Waals surface area contributed by atoms with Crippen LogP contribution in [0.15, 0.2) is 67.3 Å². The van der Waals surface area contributed by atoms with Crippen molar-refractivity contribution >= 4 is 42.5 Å². The van der Waals surface area contributed by atoms with Crippen molar-refractivity contribution in [3.05, 3.63) is 78.4 Å². The maximum Gasteiger partial charge on any atom is 0.408 e. The van der Waals surface area contributed by atoms with Crippen LogP contribution in [0.25, 0.3) is 11.2 Å². The van der Waals surface area contributed by atoms with Gasteiger partial charge in [0.2, 0.25) is 0 Å². The van der Waals surface area contributed by atoms with Crippen LogP contribution in [0.2, 0.25) is 0 Å². The Morgan fingerprint density at radius 1 is 0.944 bits per heavy atom. The zero-order valence-electron chi connectivity index (χ0n) is 30.9. The summed E-state index contributed by atoms with van der Waals surface area (Å²) in [6.07, 6.45) is 4.29. The van der Waals surface area contributed by atoms with Crippen LogP contribution in [0.1, 0.15) is 64.5 Å². The quantitative estimate of drug-likeness (QED) is 0.0668. The van der Waals surface area contributed by atoms with Gasteiger partial charge in [-0.15, -0.1) is 0 Å². The number of amides is 1. The Morgan fingerprint density at radius 2 is 1.67 bits per heavy atom. The third kappa shape index (κ3) is 11.7. The molecule has 4 aromatic rings. The Balaban J connectivity index is 1.26. The molecule has 0 spiro atoms. The molecule has 1 amide bonds. The number of aromatic nitrogens is 4. The van der Waals surface area contributed by atoms with Crippen molar-refractivity contribution < 1.29 is 42.4 Å². The number of ether oxygens (including phenoxy) is 4. The highest BCUT2D eigenvalue weighted by atomic mass is 31.2. The number of rotatable bonds is 18. The first-order chi connectivity index (χ1) is 25.9. The first-order valence-electron chi connectivity index (χ1n) is 17.9. The van der Waals surface area contributed by atoms with Gasteiger partial charge in [-0.25, -0.2) is 29.6 Å². The summed E-state index contributed by atoms with van der Waals surface area (Å²) in [5, 5.41) is 5.46. The van der Waals surface area contributed by atoms with E-state index in [1.54, 1.807) is 55.9 Å². The van der Waals surface area contributed by atoms with E-state index in [-0.39, 0.29) is 36.8 Å². The van der Waals surface area contributed by atoms with E-state index in [9.17, 15) is 18.9 Å². The third-order valence-electron chi connectivity index (χ3n) is 8.50. The molecule has 4 atom stereocenters. The number of alkyl carbamates (subject to hydrolysis) is 1. The van der Waals surface area contributed by atoms with E-state index < -0.39 is 50.1 Å². The molecule has 2 heterocycles. The van der Waals surface area contributed by atoms with E-state index in [1.807, 2.05) is 30.3 Å². The van der Waals surface area contributed by atoms with E-state index in [2.05, 4.69) is 25.4 Å². The second kappa shape index (κ2) is 18.8. The van der Waals surface area contributed by atoms with E-state index >= 15 is 0 Å². The van der Waals surface area contributed by atoms with Crippen LogP contribution in [0.3, 0.4) is 0 Å². The molecule has 2 aromatic carbocycles. The van der Waals surface area contributed by atoms with Gasteiger partial charge in [-0.2, -0.15) is 0 Å². The van der Waals surface area contributed by atoms with Crippen LogP contribution in [-0.4, -0.2) is 74.3 Å². The van der Waals surface area contributed by atoms with E-state index in [0.717, 1.165) is 31.2 Å². The largest absolute Gasteiger partial charge is 0.462 e. The van der Waals surface area contributed by atoms with Gasteiger partial charge in [0.1, 0.15) is 48.7 Å². The molecule has 1 saturated carbocycles. The molecule has 0 bridgehead atoms. The number of hydrogen-bond donors (Lipinski definition) is 3. The lowest BCUT2D eigenvalue weighted by molar-refractivity contribution is -0.151. The summed E-state index contributed by atoms with van der Waals surface area (Å²) < 4.78 is 44.5. The fourth-order valence-corrected chi connectivity index (χ4v) is 7.59. The highest BCUT2D eigenvalue weighted by molar-refractivity contribution is 7.57. The van der Waals surface area contributed by atoms with Crippen molar-refractivity contribution in [1.82, 2.24) is 29.9 Å². The van der Waals surface area contributed by atoms with Crippen LogP contribution in [0.4, 0.5) is 10.6 Å². The van der Waals surface area contributed by atoms with Gasteiger partial charge in [-0.3, -0.25) is 9.36 Å². The molecule has 4 N–H and O–H groups in total. The molecule has 0 saturated heterocycles. The summed E-state index contributed by atoms with van der Waals surface area (Å²) in [5.41, 5.74) is 8.36. The predicted molar refractivity (Wildman–Crippen MR) is 199 cm³/mol. The fourth-order valence-electron chi connectivity index (χ4n) is 5.80. The van der Waals surface area contributed by atoms with Crippen molar-refractivity contribution in [3.8, 4) is 5.75 Å². The SMILES string of the molecule is CC(C)OC(=O)[C@H](C)N[P@](=O)(CO[C@H](C)Cn1cnc2c(N)ncnc21)Oc1ccc(C[C@H](NC(=O)OCc2ccccc2)C(=O)OC2CCCC2)cc1. The fraction of sp³-hybridized carbons (Fsp3) is 0.459. The number of hydrogen-bond acceptors (Lipinski definition) is 13. The summed E-state index contributed by atoms with van der Waals surface area (Å²) >= 11 is 0. The van der Waals surface area contributed by atoms with Crippen molar-refractivity contribution in [2.45, 2.75) is 103 Å². The van der Waals surface area contributed by atoms with Gasteiger partial charge in [0.15, 0.2) is 11.5 Å². The predicted octanol–water partition coefficient (Wildman–Crippen LogP) is 5.30. The molecule has 290 valence electrons. The lowest BCUT2D eigenvalue weighted by atomic mass is 10.1. The number of nitrogens with two attached hydrogens (primary N) is 1. The number of anilines is 1. The monoisotopic (exact) mass is 765 g/mol. The van der Waals surface area contributed by atoms with Gasteiger partial charge in [0.25, 0.3) is 0 Å². The van der Waals surface area contributed by atoms with Gasteiger partial charge in [0.05, 0.1) is 25.1 Å². The molecule has 1 fully saturated rings. The number of imidazole rings is 1. The first-order valence-corrected chi connectivity index (χ1v) is 19.7. The van der Waals surface area contributed by atoms with Crippen molar-refractivity contribution in [1.29, 1.82) is 0 Å². The van der Waals surface area contributed by atoms with Crippen LogP contribution in [-0.2, 0) is 52.7 Å². The van der Waals surface area contributed by atoms with E-state index in [1.165, 1.54) is 13.3 Å². The lowest BCUT2D eigenvalue weighted by Crippen LogP contribution is -2.44. The minimum atomic E-state index is -3.91. The topological polar surface area (TPSA) is 208 Å². The van der Waals surface area contributed by atoms with Crippen LogP contribution < -0.4 is 20.7 Å². The van der Waals surface area contributed by atoms with E-state index in [0.29, 0.717) is 23.3 Å². The molecule has 2 aromatic heterocycles. The van der Waals surface area contributed by atoms with Gasteiger partial charge >= 0.3 is 25.6 Å². The van der Waals surface area contributed by atoms with Gasteiger partial charge in [0, 0.05) is 6.42 Å². The minimum Gasteiger partial charge on any atom is -0.462 e. The zero-order chi connectivity index (χ0) is 38.7.